The van der Waals surface area contributed by atoms with Gasteiger partial charge in [0.1, 0.15) is 0 Å². The van der Waals surface area contributed by atoms with Gasteiger partial charge in [0.15, 0.2) is 5.78 Å². The zero-order valence-corrected chi connectivity index (χ0v) is 10.8. The maximum Gasteiger partial charge on any atom is 0.242 e. The summed E-state index contributed by atoms with van der Waals surface area (Å²) in [6, 6.07) is 7.44. The smallest absolute Gasteiger partial charge is 0.242 e. The third kappa shape index (κ3) is 2.53. The molecule has 1 aromatic carbocycles. The predicted octanol–water partition coefficient (Wildman–Crippen LogP) is 1.56. The number of benzene rings is 1. The lowest BCUT2D eigenvalue weighted by atomic mass is 10.1. The highest BCUT2D eigenvalue weighted by Crippen LogP contribution is 2.18. The first-order valence-corrected chi connectivity index (χ1v) is 6.25. The molecule has 4 heteroatoms. The molecule has 4 nitrogen and oxygen atoms in total. The van der Waals surface area contributed by atoms with Gasteiger partial charge < -0.3 is 9.80 Å². The zero-order valence-electron chi connectivity index (χ0n) is 10.8. The highest BCUT2D eigenvalue weighted by Gasteiger charge is 2.22. The first-order valence-electron chi connectivity index (χ1n) is 6.25. The molecule has 1 aromatic rings. The number of carbonyl (C=O) groups excluding carboxylic acids is 2. The molecule has 0 spiro atoms. The minimum absolute atomic E-state index is 0.0634. The van der Waals surface area contributed by atoms with Gasteiger partial charge in [-0.05, 0) is 38.1 Å². The van der Waals surface area contributed by atoms with Crippen LogP contribution in [0, 0.1) is 0 Å². The molecule has 1 fully saturated rings. The van der Waals surface area contributed by atoms with Crippen LogP contribution in [0.3, 0.4) is 0 Å². The molecule has 0 saturated carbocycles. The Morgan fingerprint density at radius 3 is 2.39 bits per heavy atom. The molecule has 1 saturated heterocycles. The molecule has 0 aromatic heterocycles. The summed E-state index contributed by atoms with van der Waals surface area (Å²) in [5.74, 6) is 0.229. The van der Waals surface area contributed by atoms with E-state index < -0.39 is 0 Å². The van der Waals surface area contributed by atoms with Crippen LogP contribution in [0.2, 0.25) is 0 Å². The fourth-order valence-corrected chi connectivity index (χ4v) is 2.17. The van der Waals surface area contributed by atoms with Crippen LogP contribution < -0.4 is 4.90 Å². The van der Waals surface area contributed by atoms with Gasteiger partial charge in [-0.15, -0.1) is 0 Å². The van der Waals surface area contributed by atoms with E-state index in [0.29, 0.717) is 12.1 Å². The number of likely N-dealkylation sites (N-methyl/N-ethyl adjacent to an activating group) is 1. The summed E-state index contributed by atoms with van der Waals surface area (Å²) in [6.07, 6.45) is 0. The Balaban J connectivity index is 2.09. The maximum atomic E-state index is 11.8. The molecule has 2 rings (SSSR count). The largest absolute Gasteiger partial charge is 0.360 e. The van der Waals surface area contributed by atoms with Crippen molar-refractivity contribution in [2.45, 2.75) is 13.8 Å². The molecule has 0 radical (unpaired) electrons. The van der Waals surface area contributed by atoms with Crippen molar-refractivity contribution in [3.63, 3.8) is 0 Å². The number of amides is 1. The number of piperazine rings is 1. The molecule has 0 unspecified atom stereocenters. The summed E-state index contributed by atoms with van der Waals surface area (Å²) in [5.41, 5.74) is 1.71. The van der Waals surface area contributed by atoms with Gasteiger partial charge in [0, 0.05) is 30.9 Å². The minimum atomic E-state index is 0.0634. The van der Waals surface area contributed by atoms with Crippen molar-refractivity contribution in [1.29, 1.82) is 0 Å². The van der Waals surface area contributed by atoms with E-state index in [9.17, 15) is 9.59 Å². The minimum Gasteiger partial charge on any atom is -0.360 e. The molecule has 0 aliphatic carbocycles. The molecule has 18 heavy (non-hydrogen) atoms. The maximum absolute atomic E-state index is 11.8. The average molecular weight is 246 g/mol. The highest BCUT2D eigenvalue weighted by molar-refractivity contribution is 5.94. The molecule has 96 valence electrons. The van der Waals surface area contributed by atoms with Crippen molar-refractivity contribution in [1.82, 2.24) is 4.90 Å². The standard InChI is InChI=1S/C14H18N2O2/c1-3-15-8-9-16(10-14(15)18)13-6-4-12(5-7-13)11(2)17/h4-7H,3,8-10H2,1-2H3. The first-order chi connectivity index (χ1) is 8.61. The number of Topliss-reactive ketones (excluding diaryl/α,β-unsaturated/α-hetero) is 1. The Morgan fingerprint density at radius 1 is 1.22 bits per heavy atom. The van der Waals surface area contributed by atoms with Gasteiger partial charge in [-0.2, -0.15) is 0 Å². The number of ketones is 1. The van der Waals surface area contributed by atoms with Gasteiger partial charge in [-0.3, -0.25) is 9.59 Å². The first kappa shape index (κ1) is 12.6. The number of rotatable bonds is 3. The molecular formula is C14H18N2O2. The van der Waals surface area contributed by atoms with Crippen LogP contribution in [-0.4, -0.2) is 42.8 Å². The number of anilines is 1. The zero-order chi connectivity index (χ0) is 13.1. The average Bonchev–Trinajstić information content (AvgIpc) is 2.38. The van der Waals surface area contributed by atoms with Crippen LogP contribution in [0.1, 0.15) is 24.2 Å². The van der Waals surface area contributed by atoms with Gasteiger partial charge >= 0.3 is 0 Å². The summed E-state index contributed by atoms with van der Waals surface area (Å²) < 4.78 is 0. The number of nitrogens with zero attached hydrogens (tertiary/aromatic N) is 2. The van der Waals surface area contributed by atoms with E-state index >= 15 is 0 Å². The monoisotopic (exact) mass is 246 g/mol. The Kier molecular flexibility index (Phi) is 3.65. The Labute approximate surface area is 107 Å². The van der Waals surface area contributed by atoms with Crippen molar-refractivity contribution in [2.24, 2.45) is 0 Å². The molecule has 1 heterocycles. The lowest BCUT2D eigenvalue weighted by Gasteiger charge is -2.35. The second kappa shape index (κ2) is 5.21. The second-order valence-electron chi connectivity index (χ2n) is 4.50. The lowest BCUT2D eigenvalue weighted by molar-refractivity contribution is -0.130. The Hall–Kier alpha value is -1.84. The van der Waals surface area contributed by atoms with Crippen LogP contribution in [0.25, 0.3) is 0 Å². The van der Waals surface area contributed by atoms with Gasteiger partial charge in [0.05, 0.1) is 6.54 Å². The van der Waals surface area contributed by atoms with Gasteiger partial charge in [-0.1, -0.05) is 0 Å². The van der Waals surface area contributed by atoms with E-state index in [0.717, 1.165) is 25.3 Å². The fourth-order valence-electron chi connectivity index (χ4n) is 2.17. The van der Waals surface area contributed by atoms with E-state index in [-0.39, 0.29) is 11.7 Å². The van der Waals surface area contributed by atoms with Crippen LogP contribution in [-0.2, 0) is 4.79 Å². The molecule has 1 aliphatic heterocycles. The van der Waals surface area contributed by atoms with Crippen molar-refractivity contribution in [3.8, 4) is 0 Å². The SMILES string of the molecule is CCN1CCN(c2ccc(C(C)=O)cc2)CC1=O. The summed E-state index contributed by atoms with van der Waals surface area (Å²) in [7, 11) is 0. The lowest BCUT2D eigenvalue weighted by Crippen LogP contribution is -2.50. The van der Waals surface area contributed by atoms with E-state index in [1.807, 2.05) is 36.1 Å². The molecule has 1 amide bonds. The van der Waals surface area contributed by atoms with Gasteiger partial charge in [0.25, 0.3) is 0 Å². The Bertz CT molecular complexity index is 453. The third-order valence-electron chi connectivity index (χ3n) is 3.34. The number of hydrogen-bond acceptors (Lipinski definition) is 3. The molecular weight excluding hydrogens is 228 g/mol. The molecule has 0 bridgehead atoms. The van der Waals surface area contributed by atoms with E-state index in [4.69, 9.17) is 0 Å². The topological polar surface area (TPSA) is 40.6 Å². The molecule has 0 N–H and O–H groups in total. The summed E-state index contributed by atoms with van der Waals surface area (Å²) in [5, 5.41) is 0. The van der Waals surface area contributed by atoms with Crippen molar-refractivity contribution >= 4 is 17.4 Å². The van der Waals surface area contributed by atoms with Crippen molar-refractivity contribution in [3.05, 3.63) is 29.8 Å². The van der Waals surface area contributed by atoms with Crippen LogP contribution in [0.15, 0.2) is 24.3 Å². The fraction of sp³-hybridized carbons (Fsp3) is 0.429. The van der Waals surface area contributed by atoms with Crippen molar-refractivity contribution < 1.29 is 9.59 Å². The second-order valence-corrected chi connectivity index (χ2v) is 4.50. The van der Waals surface area contributed by atoms with Crippen LogP contribution in [0.4, 0.5) is 5.69 Å². The summed E-state index contributed by atoms with van der Waals surface area (Å²) >= 11 is 0. The highest BCUT2D eigenvalue weighted by atomic mass is 16.2. The van der Waals surface area contributed by atoms with E-state index in [1.54, 1.807) is 6.92 Å². The molecule has 0 atom stereocenters. The normalized spacial score (nSPS) is 16.0. The quantitative estimate of drug-likeness (QED) is 0.760. The number of carbonyl (C=O) groups is 2. The van der Waals surface area contributed by atoms with Crippen LogP contribution >= 0.6 is 0 Å². The predicted molar refractivity (Wildman–Crippen MR) is 70.9 cm³/mol. The summed E-state index contributed by atoms with van der Waals surface area (Å²) in [6.45, 7) is 6.36. The van der Waals surface area contributed by atoms with Crippen molar-refractivity contribution in [2.75, 3.05) is 31.1 Å². The molecule has 1 aliphatic rings. The Morgan fingerprint density at radius 2 is 1.89 bits per heavy atom. The van der Waals surface area contributed by atoms with Gasteiger partial charge in [-0.25, -0.2) is 0 Å². The van der Waals surface area contributed by atoms with E-state index in [1.165, 1.54) is 0 Å². The van der Waals surface area contributed by atoms with Gasteiger partial charge in [0.2, 0.25) is 5.91 Å². The summed E-state index contributed by atoms with van der Waals surface area (Å²) in [4.78, 5) is 26.9. The van der Waals surface area contributed by atoms with Crippen LogP contribution in [0.5, 0.6) is 0 Å². The van der Waals surface area contributed by atoms with E-state index in [2.05, 4.69) is 4.90 Å². The number of hydrogen-bond donors (Lipinski definition) is 0. The third-order valence-corrected chi connectivity index (χ3v) is 3.34.